The van der Waals surface area contributed by atoms with E-state index < -0.39 is 0 Å². The summed E-state index contributed by atoms with van der Waals surface area (Å²) in [6, 6.07) is 0.460. The molecule has 0 saturated heterocycles. The zero-order valence-corrected chi connectivity index (χ0v) is 12.4. The van der Waals surface area contributed by atoms with Crippen LogP contribution in [0, 0.1) is 23.2 Å². The minimum atomic E-state index is 0.460. The van der Waals surface area contributed by atoms with Crippen molar-refractivity contribution in [2.75, 3.05) is 6.54 Å². The third kappa shape index (κ3) is 1.98. The maximum atomic E-state index is 4.26. The number of hydrogen-bond acceptors (Lipinski definition) is 3. The smallest absolute Gasteiger partial charge is 0.115 e. The summed E-state index contributed by atoms with van der Waals surface area (Å²) in [4.78, 5) is 8.53. The Kier molecular flexibility index (Phi) is 3.06. The van der Waals surface area contributed by atoms with Crippen molar-refractivity contribution in [2.24, 2.45) is 23.2 Å². The Hall–Kier alpha value is -0.960. The number of nitrogens with zero attached hydrogens (tertiary/aromatic N) is 2. The van der Waals surface area contributed by atoms with Crippen LogP contribution in [0.4, 0.5) is 0 Å². The zero-order chi connectivity index (χ0) is 13.6. The van der Waals surface area contributed by atoms with Gasteiger partial charge >= 0.3 is 0 Å². The van der Waals surface area contributed by atoms with Crippen LogP contribution >= 0.6 is 0 Å². The van der Waals surface area contributed by atoms with E-state index in [1.54, 1.807) is 6.33 Å². The summed E-state index contributed by atoms with van der Waals surface area (Å²) in [5, 5.41) is 3.78. The largest absolute Gasteiger partial charge is 0.310 e. The molecule has 0 radical (unpaired) electrons. The lowest BCUT2D eigenvalue weighted by atomic mass is 9.47. The molecule has 4 saturated carbocycles. The molecule has 1 heterocycles. The molecule has 1 aromatic heterocycles. The van der Waals surface area contributed by atoms with E-state index in [0.29, 0.717) is 11.5 Å². The van der Waals surface area contributed by atoms with Crippen molar-refractivity contribution in [1.82, 2.24) is 15.3 Å². The minimum Gasteiger partial charge on any atom is -0.310 e. The second-order valence-corrected chi connectivity index (χ2v) is 7.44. The standard InChI is InChI=1S/C17H25N3/c1-2-20-16(15-9-18-11-19-10-15)17-6-12-3-13(7-17)5-14(4-12)8-17/h9-14,16,20H,2-8H2,1H3. The van der Waals surface area contributed by atoms with Crippen molar-refractivity contribution in [3.63, 3.8) is 0 Å². The highest BCUT2D eigenvalue weighted by Crippen LogP contribution is 2.63. The second kappa shape index (κ2) is 4.80. The molecule has 1 unspecified atom stereocenters. The molecule has 0 amide bonds. The van der Waals surface area contributed by atoms with E-state index in [1.807, 2.05) is 12.4 Å². The van der Waals surface area contributed by atoms with Gasteiger partial charge in [0.15, 0.2) is 0 Å². The topological polar surface area (TPSA) is 37.8 Å². The van der Waals surface area contributed by atoms with Gasteiger partial charge in [0.2, 0.25) is 0 Å². The minimum absolute atomic E-state index is 0.460. The van der Waals surface area contributed by atoms with Crippen molar-refractivity contribution in [1.29, 1.82) is 0 Å². The average molecular weight is 271 g/mol. The van der Waals surface area contributed by atoms with Crippen LogP contribution in [-0.4, -0.2) is 16.5 Å². The molecule has 4 aliphatic rings. The van der Waals surface area contributed by atoms with Gasteiger partial charge in [0.25, 0.3) is 0 Å². The third-order valence-electron chi connectivity index (χ3n) is 6.02. The molecule has 0 aliphatic heterocycles. The third-order valence-corrected chi connectivity index (χ3v) is 6.02. The fourth-order valence-electron chi connectivity index (χ4n) is 5.88. The fraction of sp³-hybridized carbons (Fsp3) is 0.765. The summed E-state index contributed by atoms with van der Waals surface area (Å²) in [7, 11) is 0. The van der Waals surface area contributed by atoms with E-state index in [4.69, 9.17) is 0 Å². The Morgan fingerprint density at radius 3 is 2.15 bits per heavy atom. The summed E-state index contributed by atoms with van der Waals surface area (Å²) >= 11 is 0. The first-order valence-corrected chi connectivity index (χ1v) is 8.27. The maximum absolute atomic E-state index is 4.26. The normalized spacial score (nSPS) is 40.0. The summed E-state index contributed by atoms with van der Waals surface area (Å²) in [5.41, 5.74) is 1.78. The summed E-state index contributed by atoms with van der Waals surface area (Å²) < 4.78 is 0. The Bertz CT molecular complexity index is 435. The van der Waals surface area contributed by atoms with Crippen molar-refractivity contribution >= 4 is 0 Å². The SMILES string of the molecule is CCNC(c1cncnc1)C12CC3CC(CC(C3)C1)C2. The van der Waals surface area contributed by atoms with Crippen LogP contribution < -0.4 is 5.32 Å². The highest BCUT2D eigenvalue weighted by atomic mass is 14.9. The lowest BCUT2D eigenvalue weighted by Gasteiger charge is -2.59. The molecule has 108 valence electrons. The van der Waals surface area contributed by atoms with E-state index in [1.165, 1.54) is 44.1 Å². The summed E-state index contributed by atoms with van der Waals surface area (Å²) in [5.74, 6) is 2.98. The Morgan fingerprint density at radius 2 is 1.65 bits per heavy atom. The summed E-state index contributed by atoms with van der Waals surface area (Å²) in [6.07, 6.45) is 14.5. The Morgan fingerprint density at radius 1 is 1.10 bits per heavy atom. The second-order valence-electron chi connectivity index (χ2n) is 7.44. The van der Waals surface area contributed by atoms with Gasteiger partial charge in [-0.1, -0.05) is 6.92 Å². The number of rotatable bonds is 4. The maximum Gasteiger partial charge on any atom is 0.115 e. The predicted octanol–water partition coefficient (Wildman–Crippen LogP) is 3.34. The van der Waals surface area contributed by atoms with Gasteiger partial charge in [-0.3, -0.25) is 0 Å². The number of hydrogen-bond donors (Lipinski definition) is 1. The molecule has 1 N–H and O–H groups in total. The number of nitrogens with one attached hydrogen (secondary N) is 1. The molecular formula is C17H25N3. The molecule has 1 atom stereocenters. The van der Waals surface area contributed by atoms with Crippen LogP contribution in [0.1, 0.15) is 57.1 Å². The Balaban J connectivity index is 1.69. The molecule has 0 spiro atoms. The predicted molar refractivity (Wildman–Crippen MR) is 79.1 cm³/mol. The molecule has 1 aromatic rings. The van der Waals surface area contributed by atoms with Gasteiger partial charge in [0.05, 0.1) is 0 Å². The van der Waals surface area contributed by atoms with Crippen molar-refractivity contribution in [2.45, 2.75) is 51.5 Å². The molecule has 4 fully saturated rings. The van der Waals surface area contributed by atoms with Crippen LogP contribution in [0.15, 0.2) is 18.7 Å². The van der Waals surface area contributed by atoms with Gasteiger partial charge in [-0.05, 0) is 68.2 Å². The Labute approximate surface area is 121 Å². The monoisotopic (exact) mass is 271 g/mol. The zero-order valence-electron chi connectivity index (χ0n) is 12.4. The molecule has 0 aromatic carbocycles. The van der Waals surface area contributed by atoms with Crippen LogP contribution in [0.5, 0.6) is 0 Å². The molecule has 3 heteroatoms. The average Bonchev–Trinajstić information content (AvgIpc) is 2.44. The molecule has 4 bridgehead atoms. The van der Waals surface area contributed by atoms with Gasteiger partial charge in [-0.2, -0.15) is 0 Å². The van der Waals surface area contributed by atoms with E-state index in [2.05, 4.69) is 22.2 Å². The number of aromatic nitrogens is 2. The van der Waals surface area contributed by atoms with Gasteiger partial charge < -0.3 is 5.32 Å². The van der Waals surface area contributed by atoms with Gasteiger partial charge in [-0.15, -0.1) is 0 Å². The van der Waals surface area contributed by atoms with Gasteiger partial charge in [0.1, 0.15) is 6.33 Å². The van der Waals surface area contributed by atoms with E-state index >= 15 is 0 Å². The van der Waals surface area contributed by atoms with Crippen molar-refractivity contribution < 1.29 is 0 Å². The van der Waals surface area contributed by atoms with E-state index in [-0.39, 0.29) is 0 Å². The molecule has 5 rings (SSSR count). The van der Waals surface area contributed by atoms with Crippen molar-refractivity contribution in [3.05, 3.63) is 24.3 Å². The lowest BCUT2D eigenvalue weighted by molar-refractivity contribution is -0.0747. The highest BCUT2D eigenvalue weighted by Gasteiger charge is 2.54. The highest BCUT2D eigenvalue weighted by molar-refractivity contribution is 5.18. The molecule has 3 nitrogen and oxygen atoms in total. The van der Waals surface area contributed by atoms with E-state index in [0.717, 1.165) is 24.3 Å². The first kappa shape index (κ1) is 12.8. The van der Waals surface area contributed by atoms with Crippen LogP contribution in [0.2, 0.25) is 0 Å². The van der Waals surface area contributed by atoms with Crippen LogP contribution in [-0.2, 0) is 0 Å². The fourth-order valence-corrected chi connectivity index (χ4v) is 5.88. The quantitative estimate of drug-likeness (QED) is 0.912. The first-order valence-electron chi connectivity index (χ1n) is 8.27. The first-order chi connectivity index (χ1) is 9.79. The molecular weight excluding hydrogens is 246 g/mol. The van der Waals surface area contributed by atoms with Crippen molar-refractivity contribution in [3.8, 4) is 0 Å². The van der Waals surface area contributed by atoms with Crippen LogP contribution in [0.3, 0.4) is 0 Å². The molecule has 20 heavy (non-hydrogen) atoms. The van der Waals surface area contributed by atoms with Crippen LogP contribution in [0.25, 0.3) is 0 Å². The van der Waals surface area contributed by atoms with Gasteiger partial charge in [0, 0.05) is 24.0 Å². The lowest BCUT2D eigenvalue weighted by Crippen LogP contribution is -2.52. The van der Waals surface area contributed by atoms with E-state index in [9.17, 15) is 0 Å². The molecule has 4 aliphatic carbocycles. The summed E-state index contributed by atoms with van der Waals surface area (Å²) in [6.45, 7) is 3.25. The van der Waals surface area contributed by atoms with Gasteiger partial charge in [-0.25, -0.2) is 9.97 Å².